The zero-order valence-corrected chi connectivity index (χ0v) is 18.2. The average Bonchev–Trinajstić information content (AvgIpc) is 3.03. The van der Waals surface area contributed by atoms with Crippen LogP contribution in [0.4, 0.5) is 0 Å². The Morgan fingerprint density at radius 2 is 2.00 bits per heavy atom. The maximum Gasteiger partial charge on any atom is 0.313 e. The number of benzene rings is 1. The lowest BCUT2D eigenvalue weighted by Crippen LogP contribution is -2.51. The van der Waals surface area contributed by atoms with E-state index in [9.17, 15) is 13.2 Å². The number of piperidine rings is 1. The van der Waals surface area contributed by atoms with Gasteiger partial charge in [0.2, 0.25) is 10.0 Å². The summed E-state index contributed by atoms with van der Waals surface area (Å²) in [6, 6.07) is 7.86. The van der Waals surface area contributed by atoms with Gasteiger partial charge in [-0.1, -0.05) is 29.4 Å². The van der Waals surface area contributed by atoms with Crippen molar-refractivity contribution in [3.05, 3.63) is 46.8 Å². The summed E-state index contributed by atoms with van der Waals surface area (Å²) in [5.41, 5.74) is 1.50. The minimum Gasteiger partial charge on any atom is -0.466 e. The van der Waals surface area contributed by atoms with Crippen molar-refractivity contribution in [2.75, 3.05) is 19.7 Å². The summed E-state index contributed by atoms with van der Waals surface area (Å²) in [7, 11) is -3.83. The van der Waals surface area contributed by atoms with E-state index in [1.807, 2.05) is 31.2 Å². The van der Waals surface area contributed by atoms with Crippen LogP contribution in [0, 0.1) is 26.2 Å². The van der Waals surface area contributed by atoms with Gasteiger partial charge in [-0.2, -0.15) is 4.31 Å². The third kappa shape index (κ3) is 4.09. The molecule has 0 saturated carbocycles. The van der Waals surface area contributed by atoms with E-state index >= 15 is 0 Å². The van der Waals surface area contributed by atoms with Crippen molar-refractivity contribution in [1.82, 2.24) is 9.46 Å². The zero-order valence-electron chi connectivity index (χ0n) is 17.4. The predicted octanol–water partition coefficient (Wildman–Crippen LogP) is 3.18. The molecule has 2 aromatic rings. The molecule has 158 valence electrons. The van der Waals surface area contributed by atoms with Gasteiger partial charge in [-0.15, -0.1) is 0 Å². The molecule has 0 N–H and O–H groups in total. The van der Waals surface area contributed by atoms with Crippen LogP contribution >= 0.6 is 0 Å². The number of nitrogens with zero attached hydrogens (tertiary/aromatic N) is 2. The first-order valence-corrected chi connectivity index (χ1v) is 11.3. The molecule has 0 bridgehead atoms. The Balaban J connectivity index is 2.00. The number of carbonyl (C=O) groups is 1. The minimum atomic E-state index is -3.83. The summed E-state index contributed by atoms with van der Waals surface area (Å²) in [4.78, 5) is 13.1. The molecule has 2 heterocycles. The topological polar surface area (TPSA) is 89.7 Å². The standard InChI is InChI=1S/C21H28N2O5S/c1-5-27-20(24)21(13-18-10-7-6-9-15(18)2)11-8-12-23(14-21)29(25,26)19-16(3)22-28-17(19)4/h6-7,9-10H,5,8,11-14H2,1-4H3/t21-/m1/s1. The largest absolute Gasteiger partial charge is 0.466 e. The molecule has 1 aromatic heterocycles. The number of esters is 1. The SMILES string of the molecule is CCOC(=O)[C@@]1(Cc2ccccc2C)CCCN(S(=O)(=O)c2c(C)noc2C)C1. The summed E-state index contributed by atoms with van der Waals surface area (Å²) in [6.07, 6.45) is 1.59. The molecule has 1 aromatic carbocycles. The molecule has 1 aliphatic heterocycles. The zero-order chi connectivity index (χ0) is 21.2. The molecule has 29 heavy (non-hydrogen) atoms. The van der Waals surface area contributed by atoms with Crippen LogP contribution in [-0.2, 0) is 26.0 Å². The number of aryl methyl sites for hydroxylation is 3. The Labute approximate surface area is 172 Å². The van der Waals surface area contributed by atoms with Crippen molar-refractivity contribution in [3.8, 4) is 0 Å². The van der Waals surface area contributed by atoms with E-state index in [1.54, 1.807) is 20.8 Å². The molecule has 0 aliphatic carbocycles. The molecule has 7 nitrogen and oxygen atoms in total. The van der Waals surface area contributed by atoms with Gasteiger partial charge in [0.15, 0.2) is 5.76 Å². The van der Waals surface area contributed by atoms with Crippen molar-refractivity contribution in [1.29, 1.82) is 0 Å². The fourth-order valence-electron chi connectivity index (χ4n) is 4.11. The summed E-state index contributed by atoms with van der Waals surface area (Å²) >= 11 is 0. The van der Waals surface area contributed by atoms with Crippen molar-refractivity contribution in [2.45, 2.75) is 51.9 Å². The third-order valence-corrected chi connectivity index (χ3v) is 7.70. The molecular formula is C21H28N2O5S. The van der Waals surface area contributed by atoms with Crippen molar-refractivity contribution in [2.24, 2.45) is 5.41 Å². The molecular weight excluding hydrogens is 392 g/mol. The van der Waals surface area contributed by atoms with Crippen molar-refractivity contribution >= 4 is 16.0 Å². The van der Waals surface area contributed by atoms with Crippen LogP contribution in [0.15, 0.2) is 33.7 Å². The number of sulfonamides is 1. The monoisotopic (exact) mass is 420 g/mol. The summed E-state index contributed by atoms with van der Waals surface area (Å²) < 4.78 is 38.6. The lowest BCUT2D eigenvalue weighted by Gasteiger charge is -2.40. The van der Waals surface area contributed by atoms with E-state index < -0.39 is 15.4 Å². The second-order valence-electron chi connectivity index (χ2n) is 7.70. The predicted molar refractivity (Wildman–Crippen MR) is 108 cm³/mol. The van der Waals surface area contributed by atoms with E-state index in [4.69, 9.17) is 9.26 Å². The van der Waals surface area contributed by atoms with E-state index in [0.717, 1.165) is 11.1 Å². The molecule has 3 rings (SSSR count). The Bertz CT molecular complexity index is 979. The molecule has 1 atom stereocenters. The van der Waals surface area contributed by atoms with Crippen LogP contribution in [0.1, 0.15) is 42.3 Å². The highest BCUT2D eigenvalue weighted by Gasteiger charge is 2.47. The van der Waals surface area contributed by atoms with Crippen LogP contribution in [0.2, 0.25) is 0 Å². The third-order valence-electron chi connectivity index (χ3n) is 5.61. The fourth-order valence-corrected chi connectivity index (χ4v) is 5.96. The van der Waals surface area contributed by atoms with Crippen LogP contribution in [0.25, 0.3) is 0 Å². The lowest BCUT2D eigenvalue weighted by atomic mass is 9.75. The summed E-state index contributed by atoms with van der Waals surface area (Å²) in [6.45, 7) is 7.64. The lowest BCUT2D eigenvalue weighted by molar-refractivity contribution is -0.157. The Kier molecular flexibility index (Phi) is 6.14. The summed E-state index contributed by atoms with van der Waals surface area (Å²) in [5.74, 6) is -0.0874. The van der Waals surface area contributed by atoms with Gasteiger partial charge in [-0.05, 0) is 58.1 Å². The number of hydrogen-bond donors (Lipinski definition) is 0. The van der Waals surface area contributed by atoms with Crippen LogP contribution in [0.3, 0.4) is 0 Å². The first-order valence-electron chi connectivity index (χ1n) is 9.86. The highest BCUT2D eigenvalue weighted by atomic mass is 32.2. The maximum absolute atomic E-state index is 13.4. The van der Waals surface area contributed by atoms with Gasteiger partial charge in [0.1, 0.15) is 10.6 Å². The molecule has 0 radical (unpaired) electrons. The Morgan fingerprint density at radius 3 is 2.62 bits per heavy atom. The highest BCUT2D eigenvalue weighted by Crippen LogP contribution is 2.38. The van der Waals surface area contributed by atoms with Crippen LogP contribution in [0.5, 0.6) is 0 Å². The number of ether oxygens (including phenoxy) is 1. The van der Waals surface area contributed by atoms with Gasteiger partial charge < -0.3 is 9.26 Å². The van der Waals surface area contributed by atoms with Crippen molar-refractivity contribution < 1.29 is 22.5 Å². The molecule has 0 unspecified atom stereocenters. The van der Waals surface area contributed by atoms with E-state index in [1.165, 1.54) is 4.31 Å². The van der Waals surface area contributed by atoms with Gasteiger partial charge in [0, 0.05) is 13.1 Å². The van der Waals surface area contributed by atoms with E-state index in [0.29, 0.717) is 31.5 Å². The highest BCUT2D eigenvalue weighted by molar-refractivity contribution is 7.89. The van der Waals surface area contributed by atoms with Crippen LogP contribution < -0.4 is 0 Å². The molecule has 0 amide bonds. The molecule has 0 spiro atoms. The van der Waals surface area contributed by atoms with Gasteiger partial charge >= 0.3 is 5.97 Å². The van der Waals surface area contributed by atoms with Gasteiger partial charge in [0.25, 0.3) is 0 Å². The van der Waals surface area contributed by atoms with Gasteiger partial charge in [-0.25, -0.2) is 8.42 Å². The first kappa shape index (κ1) is 21.5. The fraction of sp³-hybridized carbons (Fsp3) is 0.524. The van der Waals surface area contributed by atoms with E-state index in [2.05, 4.69) is 5.16 Å². The van der Waals surface area contributed by atoms with Gasteiger partial charge in [0.05, 0.1) is 12.0 Å². The Morgan fingerprint density at radius 1 is 1.28 bits per heavy atom. The Hall–Kier alpha value is -2.19. The smallest absolute Gasteiger partial charge is 0.313 e. The number of rotatable bonds is 6. The molecule has 1 aliphatic rings. The number of aromatic nitrogens is 1. The van der Waals surface area contributed by atoms with Gasteiger partial charge in [-0.3, -0.25) is 4.79 Å². The first-order chi connectivity index (χ1) is 13.7. The molecule has 1 fully saturated rings. The molecule has 1 saturated heterocycles. The van der Waals surface area contributed by atoms with Crippen molar-refractivity contribution in [3.63, 3.8) is 0 Å². The minimum absolute atomic E-state index is 0.0760. The quantitative estimate of drug-likeness (QED) is 0.667. The molecule has 8 heteroatoms. The average molecular weight is 421 g/mol. The summed E-state index contributed by atoms with van der Waals surface area (Å²) in [5, 5.41) is 3.79. The van der Waals surface area contributed by atoms with Crippen LogP contribution in [-0.4, -0.2) is 43.5 Å². The maximum atomic E-state index is 13.4. The second kappa shape index (κ2) is 8.28. The normalized spacial score (nSPS) is 20.6. The second-order valence-corrected chi connectivity index (χ2v) is 9.57. The van der Waals surface area contributed by atoms with E-state index in [-0.39, 0.29) is 29.8 Å². The number of carbonyl (C=O) groups excluding carboxylic acids is 1. The number of hydrogen-bond acceptors (Lipinski definition) is 6.